The standard InChI is InChI=1S/C55H59NO10/c1-58-33-32-49(60-35-43-22-10-3-11-23-43)51(61-36-44-24-12-4-13-25-44)48(56-57)40-65-55-54(64-39-47-30-18-7-19-31-47)53(63-38-46-28-16-6-17-29-46)52(62-37-45-26-14-5-15-27-45)50(66-55)41-59-34-42-20-8-2-9-21-42/h2-33,49-55,57H,34-41H2,1H3/b33-32+,56-48-/t49-,50-,51-,52+,53+,54-,55+/m1/s1. The van der Waals surface area contributed by atoms with Gasteiger partial charge in [0.25, 0.3) is 0 Å². The topological polar surface area (TPSA) is 116 Å². The molecule has 7 rings (SSSR count). The lowest BCUT2D eigenvalue weighted by Crippen LogP contribution is -2.62. The number of ether oxygens (including phenoxy) is 9. The first-order valence-corrected chi connectivity index (χ1v) is 22.2. The van der Waals surface area contributed by atoms with Crippen LogP contribution in [0.5, 0.6) is 0 Å². The molecule has 1 aliphatic heterocycles. The molecule has 0 saturated carbocycles. The van der Waals surface area contributed by atoms with Crippen molar-refractivity contribution in [2.45, 2.75) is 82.6 Å². The number of nitrogens with zero attached hydrogens (tertiary/aromatic N) is 1. The third-order valence-corrected chi connectivity index (χ3v) is 11.0. The lowest BCUT2D eigenvalue weighted by atomic mass is 9.97. The van der Waals surface area contributed by atoms with Gasteiger partial charge in [0, 0.05) is 0 Å². The third-order valence-electron chi connectivity index (χ3n) is 11.0. The van der Waals surface area contributed by atoms with Crippen LogP contribution in [0.1, 0.15) is 33.4 Å². The number of hydrogen-bond acceptors (Lipinski definition) is 11. The molecule has 6 aromatic rings. The van der Waals surface area contributed by atoms with Crippen LogP contribution in [0.2, 0.25) is 0 Å². The van der Waals surface area contributed by atoms with Crippen LogP contribution < -0.4 is 0 Å². The normalized spacial score (nSPS) is 19.7. The summed E-state index contributed by atoms with van der Waals surface area (Å²) in [5.41, 5.74) is 5.94. The van der Waals surface area contributed by atoms with E-state index in [1.54, 1.807) is 13.2 Å². The first-order valence-electron chi connectivity index (χ1n) is 22.2. The van der Waals surface area contributed by atoms with E-state index in [1.807, 2.05) is 182 Å². The van der Waals surface area contributed by atoms with E-state index in [9.17, 15) is 5.21 Å². The van der Waals surface area contributed by atoms with Crippen LogP contribution >= 0.6 is 0 Å². The molecule has 1 aliphatic rings. The molecule has 1 fully saturated rings. The minimum absolute atomic E-state index is 0.145. The quantitative estimate of drug-likeness (QED) is 0.0244. The van der Waals surface area contributed by atoms with Gasteiger partial charge in [0.2, 0.25) is 0 Å². The summed E-state index contributed by atoms with van der Waals surface area (Å²) in [6.07, 6.45) is -2.45. The summed E-state index contributed by atoms with van der Waals surface area (Å²) in [6, 6.07) is 59.3. The Bertz CT molecular complexity index is 2270. The zero-order chi connectivity index (χ0) is 45.4. The predicted molar refractivity (Wildman–Crippen MR) is 251 cm³/mol. The van der Waals surface area contributed by atoms with Crippen LogP contribution in [0, 0.1) is 0 Å². The molecular formula is C55H59NO10. The van der Waals surface area contributed by atoms with Crippen molar-refractivity contribution in [3.8, 4) is 0 Å². The SMILES string of the molecule is CO/C=C/[C@@H](OCc1ccccc1)[C@H](OCc1ccccc1)/C(CO[C@H]1O[C@H](COCc2ccccc2)[C@H](OCc2ccccc2)[C@H](OCc2ccccc2)[C@H]1OCc1ccccc1)=N\O. The van der Waals surface area contributed by atoms with Crippen molar-refractivity contribution in [1.82, 2.24) is 0 Å². The second-order valence-corrected chi connectivity index (χ2v) is 15.8. The van der Waals surface area contributed by atoms with Gasteiger partial charge in [0.05, 0.1) is 66.2 Å². The Hall–Kier alpha value is -5.99. The van der Waals surface area contributed by atoms with Gasteiger partial charge in [-0.15, -0.1) is 0 Å². The summed E-state index contributed by atoms with van der Waals surface area (Å²) in [7, 11) is 1.55. The molecule has 6 aromatic carbocycles. The fourth-order valence-electron chi connectivity index (χ4n) is 7.52. The molecule has 0 aromatic heterocycles. The van der Waals surface area contributed by atoms with E-state index in [0.717, 1.165) is 33.4 Å². The number of rotatable bonds is 26. The number of oxime groups is 1. The van der Waals surface area contributed by atoms with E-state index < -0.39 is 42.9 Å². The van der Waals surface area contributed by atoms with E-state index in [2.05, 4.69) is 5.16 Å². The predicted octanol–water partition coefficient (Wildman–Crippen LogP) is 9.86. The van der Waals surface area contributed by atoms with E-state index in [-0.39, 0.29) is 52.0 Å². The summed E-state index contributed by atoms with van der Waals surface area (Å²) >= 11 is 0. The molecule has 11 nitrogen and oxygen atoms in total. The monoisotopic (exact) mass is 893 g/mol. The maximum Gasteiger partial charge on any atom is 0.187 e. The van der Waals surface area contributed by atoms with Gasteiger partial charge in [0.1, 0.15) is 42.3 Å². The first-order chi connectivity index (χ1) is 32.7. The summed E-state index contributed by atoms with van der Waals surface area (Å²) < 4.78 is 59.0. The van der Waals surface area contributed by atoms with Gasteiger partial charge >= 0.3 is 0 Å². The molecule has 0 bridgehead atoms. The molecule has 0 amide bonds. The molecule has 66 heavy (non-hydrogen) atoms. The van der Waals surface area contributed by atoms with Crippen LogP contribution in [-0.4, -0.2) is 74.2 Å². The van der Waals surface area contributed by atoms with Crippen molar-refractivity contribution in [3.05, 3.63) is 228 Å². The highest BCUT2D eigenvalue weighted by Gasteiger charge is 2.49. The lowest BCUT2D eigenvalue weighted by molar-refractivity contribution is -0.325. The van der Waals surface area contributed by atoms with Gasteiger partial charge in [-0.2, -0.15) is 0 Å². The van der Waals surface area contributed by atoms with E-state index in [0.29, 0.717) is 6.61 Å². The molecule has 7 atom stereocenters. The number of methoxy groups -OCH3 is 1. The maximum atomic E-state index is 10.8. The molecular weight excluding hydrogens is 835 g/mol. The van der Waals surface area contributed by atoms with E-state index >= 15 is 0 Å². The van der Waals surface area contributed by atoms with Gasteiger partial charge in [-0.25, -0.2) is 0 Å². The number of hydrogen-bond donors (Lipinski definition) is 1. The van der Waals surface area contributed by atoms with Gasteiger partial charge in [-0.1, -0.05) is 187 Å². The van der Waals surface area contributed by atoms with Crippen molar-refractivity contribution >= 4 is 5.71 Å². The van der Waals surface area contributed by atoms with Gasteiger partial charge < -0.3 is 47.8 Å². The highest BCUT2D eigenvalue weighted by molar-refractivity contribution is 5.90. The Kier molecular flexibility index (Phi) is 19.5. The van der Waals surface area contributed by atoms with Crippen molar-refractivity contribution < 1.29 is 47.8 Å². The average Bonchev–Trinajstić information content (AvgIpc) is 3.38. The van der Waals surface area contributed by atoms with Crippen molar-refractivity contribution in [2.75, 3.05) is 20.3 Å². The Morgan fingerprint density at radius 3 is 1.38 bits per heavy atom. The van der Waals surface area contributed by atoms with Crippen LogP contribution in [-0.2, 0) is 82.3 Å². The fourth-order valence-corrected chi connectivity index (χ4v) is 7.52. The van der Waals surface area contributed by atoms with Gasteiger partial charge in [-0.05, 0) is 39.5 Å². The molecule has 1 N–H and O–H groups in total. The molecule has 0 radical (unpaired) electrons. The summed E-state index contributed by atoms with van der Waals surface area (Å²) in [6.45, 7) is 1.47. The molecule has 11 heteroatoms. The summed E-state index contributed by atoms with van der Waals surface area (Å²) in [5.74, 6) is 0. The highest BCUT2D eigenvalue weighted by atomic mass is 16.7. The van der Waals surface area contributed by atoms with E-state index in [1.165, 1.54) is 6.26 Å². The minimum atomic E-state index is -1.07. The number of benzene rings is 6. The van der Waals surface area contributed by atoms with Crippen molar-refractivity contribution in [1.29, 1.82) is 0 Å². The molecule has 0 spiro atoms. The van der Waals surface area contributed by atoms with Crippen LogP contribution in [0.3, 0.4) is 0 Å². The molecule has 344 valence electrons. The summed E-state index contributed by atoms with van der Waals surface area (Å²) in [4.78, 5) is 0. The highest BCUT2D eigenvalue weighted by Crippen LogP contribution is 2.32. The first kappa shape index (κ1) is 48.0. The Morgan fingerprint density at radius 2 is 0.924 bits per heavy atom. The molecule has 0 aliphatic carbocycles. The molecule has 1 heterocycles. The maximum absolute atomic E-state index is 10.8. The fraction of sp³-hybridized carbons (Fsp3) is 0.291. The smallest absolute Gasteiger partial charge is 0.187 e. The van der Waals surface area contributed by atoms with Crippen molar-refractivity contribution in [3.63, 3.8) is 0 Å². The Morgan fingerprint density at radius 1 is 0.515 bits per heavy atom. The van der Waals surface area contributed by atoms with Crippen molar-refractivity contribution in [2.24, 2.45) is 5.16 Å². The summed E-state index contributed by atoms with van der Waals surface area (Å²) in [5, 5.41) is 14.6. The zero-order valence-electron chi connectivity index (χ0n) is 37.2. The lowest BCUT2D eigenvalue weighted by Gasteiger charge is -2.46. The van der Waals surface area contributed by atoms with E-state index in [4.69, 9.17) is 42.6 Å². The second kappa shape index (κ2) is 26.8. The van der Waals surface area contributed by atoms with Gasteiger partial charge in [0.15, 0.2) is 6.29 Å². The van der Waals surface area contributed by atoms with Gasteiger partial charge in [-0.3, -0.25) is 0 Å². The Balaban J connectivity index is 1.21. The van der Waals surface area contributed by atoms with Crippen LogP contribution in [0.15, 0.2) is 199 Å². The Labute approximate surface area is 388 Å². The third kappa shape index (κ3) is 15.0. The molecule has 1 saturated heterocycles. The zero-order valence-corrected chi connectivity index (χ0v) is 37.2. The minimum Gasteiger partial charge on any atom is -0.505 e. The largest absolute Gasteiger partial charge is 0.505 e. The average molecular weight is 894 g/mol. The van der Waals surface area contributed by atoms with Crippen LogP contribution in [0.25, 0.3) is 0 Å². The second-order valence-electron chi connectivity index (χ2n) is 15.8. The molecule has 0 unspecified atom stereocenters. The van der Waals surface area contributed by atoms with Crippen LogP contribution in [0.4, 0.5) is 0 Å².